The average molecular weight is 335 g/mol. The molecule has 0 atom stereocenters. The molecular weight excluding hydrogens is 320 g/mol. The lowest BCUT2D eigenvalue weighted by molar-refractivity contribution is 0.0976. The Balaban J connectivity index is 2.06. The van der Waals surface area contributed by atoms with E-state index in [4.69, 9.17) is 0 Å². The van der Waals surface area contributed by atoms with Crippen molar-refractivity contribution in [2.75, 3.05) is 11.4 Å². The third-order valence-corrected chi connectivity index (χ3v) is 4.08. The predicted molar refractivity (Wildman–Crippen MR) is 79.9 cm³/mol. The van der Waals surface area contributed by atoms with Crippen molar-refractivity contribution in [3.8, 4) is 0 Å². The first-order valence-electron chi connectivity index (χ1n) is 6.53. The topological polar surface area (TPSA) is 51.0 Å². The minimum absolute atomic E-state index is 0.0381. The molecule has 1 aromatic heterocycles. The second-order valence-corrected chi connectivity index (χ2v) is 5.95. The number of benzene rings is 1. The monoisotopic (exact) mass is 334 g/mol. The molecule has 104 valence electrons. The molecule has 2 heterocycles. The van der Waals surface area contributed by atoms with Crippen LogP contribution >= 0.6 is 15.9 Å². The van der Waals surface area contributed by atoms with Crippen molar-refractivity contribution in [1.82, 2.24) is 15.0 Å². The number of nitrogens with zero attached hydrogens (tertiary/aromatic N) is 4. The molecule has 20 heavy (non-hydrogen) atoms. The second-order valence-electron chi connectivity index (χ2n) is 5.03. The quantitative estimate of drug-likeness (QED) is 0.805. The first kappa shape index (κ1) is 13.3. The normalized spacial score (nSPS) is 14.2. The molecule has 0 saturated carbocycles. The summed E-state index contributed by atoms with van der Waals surface area (Å²) in [5, 5.41) is 7.62. The first-order valence-corrected chi connectivity index (χ1v) is 7.33. The van der Waals surface area contributed by atoms with Crippen LogP contribution in [0.25, 0.3) is 0 Å². The van der Waals surface area contributed by atoms with E-state index in [1.54, 1.807) is 7.05 Å². The third kappa shape index (κ3) is 2.14. The number of hydrogen-bond donors (Lipinski definition) is 0. The summed E-state index contributed by atoms with van der Waals surface area (Å²) in [4.78, 5) is 14.5. The highest BCUT2D eigenvalue weighted by Gasteiger charge is 2.27. The molecule has 1 amide bonds. The van der Waals surface area contributed by atoms with E-state index in [0.29, 0.717) is 5.69 Å². The lowest BCUT2D eigenvalue weighted by Gasteiger charge is -2.31. The van der Waals surface area contributed by atoms with E-state index >= 15 is 0 Å². The number of carbonyl (C=O) groups excluding carboxylic acids is 1. The molecule has 6 heteroatoms. The second kappa shape index (κ2) is 5.01. The lowest BCUT2D eigenvalue weighted by Crippen LogP contribution is -2.37. The van der Waals surface area contributed by atoms with Crippen LogP contribution in [0.1, 0.15) is 28.0 Å². The maximum absolute atomic E-state index is 12.7. The van der Waals surface area contributed by atoms with Gasteiger partial charge in [-0.1, -0.05) is 21.1 Å². The number of fused-ring (bicyclic) bond motifs is 1. The van der Waals surface area contributed by atoms with Gasteiger partial charge in [0.1, 0.15) is 5.69 Å². The van der Waals surface area contributed by atoms with Crippen LogP contribution < -0.4 is 4.90 Å². The van der Waals surface area contributed by atoms with E-state index < -0.39 is 0 Å². The molecule has 1 aliphatic rings. The van der Waals surface area contributed by atoms with Gasteiger partial charge in [-0.2, -0.15) is 0 Å². The van der Waals surface area contributed by atoms with Crippen LogP contribution in [-0.4, -0.2) is 27.4 Å². The van der Waals surface area contributed by atoms with Gasteiger partial charge in [0, 0.05) is 18.1 Å². The highest BCUT2D eigenvalue weighted by atomic mass is 79.9. The van der Waals surface area contributed by atoms with Crippen molar-refractivity contribution in [3.05, 3.63) is 39.6 Å². The van der Waals surface area contributed by atoms with Crippen molar-refractivity contribution >= 4 is 27.5 Å². The zero-order valence-corrected chi connectivity index (χ0v) is 13.0. The van der Waals surface area contributed by atoms with Crippen molar-refractivity contribution in [2.24, 2.45) is 7.05 Å². The van der Waals surface area contributed by atoms with Crippen molar-refractivity contribution < 1.29 is 4.79 Å². The molecule has 1 aromatic carbocycles. The molecule has 0 spiro atoms. The number of aromatic nitrogens is 3. The Labute approximate surface area is 125 Å². The van der Waals surface area contributed by atoms with E-state index in [-0.39, 0.29) is 5.91 Å². The minimum atomic E-state index is -0.0381. The molecule has 0 unspecified atom stereocenters. The molecule has 0 N–H and O–H groups in total. The van der Waals surface area contributed by atoms with Crippen LogP contribution in [0.3, 0.4) is 0 Å². The summed E-state index contributed by atoms with van der Waals surface area (Å²) in [6.07, 6.45) is 3.49. The van der Waals surface area contributed by atoms with Crippen molar-refractivity contribution in [1.29, 1.82) is 0 Å². The molecule has 1 aliphatic heterocycles. The van der Waals surface area contributed by atoms with E-state index in [0.717, 1.165) is 35.1 Å². The van der Waals surface area contributed by atoms with E-state index in [1.165, 1.54) is 16.4 Å². The van der Waals surface area contributed by atoms with Crippen LogP contribution in [0.2, 0.25) is 0 Å². The van der Waals surface area contributed by atoms with E-state index in [9.17, 15) is 4.79 Å². The Morgan fingerprint density at radius 2 is 2.20 bits per heavy atom. The smallest absolute Gasteiger partial charge is 0.278 e. The molecular formula is C14H15BrN4O. The average Bonchev–Trinajstić information content (AvgIpc) is 2.83. The number of rotatable bonds is 1. The maximum atomic E-state index is 12.7. The lowest BCUT2D eigenvalue weighted by atomic mass is 9.98. The fourth-order valence-corrected chi connectivity index (χ4v) is 3.37. The number of hydrogen-bond acceptors (Lipinski definition) is 3. The van der Waals surface area contributed by atoms with Gasteiger partial charge in [0.05, 0.1) is 11.9 Å². The van der Waals surface area contributed by atoms with Crippen LogP contribution in [-0.2, 0) is 13.5 Å². The number of amides is 1. The SMILES string of the molecule is Cc1cc(Br)cc2c1N(C(=O)c1cnnn1C)CCC2. The van der Waals surface area contributed by atoms with Gasteiger partial charge in [-0.05, 0) is 43.0 Å². The summed E-state index contributed by atoms with van der Waals surface area (Å²) in [7, 11) is 1.74. The summed E-state index contributed by atoms with van der Waals surface area (Å²) in [6.45, 7) is 2.77. The Kier molecular flexibility index (Phi) is 3.33. The summed E-state index contributed by atoms with van der Waals surface area (Å²) in [5.41, 5.74) is 3.87. The van der Waals surface area contributed by atoms with Gasteiger partial charge < -0.3 is 4.90 Å². The third-order valence-electron chi connectivity index (χ3n) is 3.62. The molecule has 5 nitrogen and oxygen atoms in total. The maximum Gasteiger partial charge on any atom is 0.278 e. The van der Waals surface area contributed by atoms with Crippen molar-refractivity contribution in [3.63, 3.8) is 0 Å². The van der Waals surface area contributed by atoms with Gasteiger partial charge in [-0.15, -0.1) is 5.10 Å². The van der Waals surface area contributed by atoms with Gasteiger partial charge in [0.2, 0.25) is 0 Å². The molecule has 0 radical (unpaired) electrons. The van der Waals surface area contributed by atoms with Gasteiger partial charge in [-0.25, -0.2) is 4.68 Å². The fraction of sp³-hybridized carbons (Fsp3) is 0.357. The molecule has 0 aliphatic carbocycles. The van der Waals surface area contributed by atoms with Crippen LogP contribution in [0.15, 0.2) is 22.8 Å². The standard InChI is InChI=1S/C14H15BrN4O/c1-9-6-11(15)7-10-4-3-5-19(13(9)10)14(20)12-8-16-17-18(12)2/h6-8H,3-5H2,1-2H3. The molecule has 0 saturated heterocycles. The van der Waals surface area contributed by atoms with Crippen LogP contribution in [0.5, 0.6) is 0 Å². The Morgan fingerprint density at radius 3 is 2.90 bits per heavy atom. The summed E-state index contributed by atoms with van der Waals surface area (Å²) in [5.74, 6) is -0.0381. The van der Waals surface area contributed by atoms with Gasteiger partial charge in [0.25, 0.3) is 5.91 Å². The zero-order valence-electron chi connectivity index (χ0n) is 11.4. The molecule has 0 fully saturated rings. The number of carbonyl (C=O) groups is 1. The summed E-state index contributed by atoms with van der Waals surface area (Å²) >= 11 is 3.52. The molecule has 2 aromatic rings. The Hall–Kier alpha value is -1.69. The Bertz CT molecular complexity index is 680. The fourth-order valence-electron chi connectivity index (χ4n) is 2.75. The Morgan fingerprint density at radius 1 is 1.40 bits per heavy atom. The van der Waals surface area contributed by atoms with Crippen LogP contribution in [0, 0.1) is 6.92 Å². The number of anilines is 1. The highest BCUT2D eigenvalue weighted by molar-refractivity contribution is 9.10. The largest absolute Gasteiger partial charge is 0.306 e. The molecule has 3 rings (SSSR count). The van der Waals surface area contributed by atoms with Crippen LogP contribution in [0.4, 0.5) is 5.69 Å². The summed E-state index contributed by atoms with van der Waals surface area (Å²) in [6, 6.07) is 4.15. The molecule has 0 bridgehead atoms. The predicted octanol–water partition coefficient (Wildman–Crippen LogP) is 2.48. The van der Waals surface area contributed by atoms with E-state index in [1.807, 2.05) is 17.9 Å². The highest BCUT2D eigenvalue weighted by Crippen LogP contribution is 2.34. The minimum Gasteiger partial charge on any atom is -0.306 e. The van der Waals surface area contributed by atoms with Gasteiger partial charge in [0.15, 0.2) is 0 Å². The zero-order chi connectivity index (χ0) is 14.3. The first-order chi connectivity index (χ1) is 9.58. The van der Waals surface area contributed by atoms with Gasteiger partial charge >= 0.3 is 0 Å². The van der Waals surface area contributed by atoms with Crippen molar-refractivity contribution in [2.45, 2.75) is 19.8 Å². The van der Waals surface area contributed by atoms with E-state index in [2.05, 4.69) is 32.3 Å². The summed E-state index contributed by atoms with van der Waals surface area (Å²) < 4.78 is 2.58. The number of halogens is 1. The van der Waals surface area contributed by atoms with Gasteiger partial charge in [-0.3, -0.25) is 4.79 Å². The number of aryl methyl sites for hydroxylation is 3.